The standard InChI is InChI=1S/C13H22N2O3S/c1-9-4-5-10(2)15(8-9)19(16,17)13-6-12(7-14)18-11(13)3/h6,9-10H,4-5,7-8,14H2,1-3H3. The van der Waals surface area contributed by atoms with E-state index in [0.717, 1.165) is 12.8 Å². The van der Waals surface area contributed by atoms with E-state index in [2.05, 4.69) is 6.92 Å². The Balaban J connectivity index is 2.37. The fourth-order valence-corrected chi connectivity index (χ4v) is 4.56. The Morgan fingerprint density at radius 2 is 2.11 bits per heavy atom. The van der Waals surface area contributed by atoms with Gasteiger partial charge in [-0.2, -0.15) is 4.31 Å². The SMILES string of the molecule is Cc1oc(CN)cc1S(=O)(=O)N1CC(C)CCC1C. The lowest BCUT2D eigenvalue weighted by Crippen LogP contribution is -2.44. The minimum Gasteiger partial charge on any atom is -0.464 e. The minimum atomic E-state index is -3.48. The largest absolute Gasteiger partial charge is 0.464 e. The van der Waals surface area contributed by atoms with Gasteiger partial charge < -0.3 is 10.2 Å². The molecule has 1 aromatic rings. The number of hydrogen-bond donors (Lipinski definition) is 1. The summed E-state index contributed by atoms with van der Waals surface area (Å²) in [6, 6.07) is 1.59. The molecule has 0 bridgehead atoms. The van der Waals surface area contributed by atoms with Gasteiger partial charge in [-0.05, 0) is 32.6 Å². The Hall–Kier alpha value is -0.850. The Bertz CT molecular complexity index is 550. The van der Waals surface area contributed by atoms with E-state index in [1.54, 1.807) is 17.3 Å². The van der Waals surface area contributed by atoms with Crippen molar-refractivity contribution >= 4 is 10.0 Å². The van der Waals surface area contributed by atoms with Gasteiger partial charge in [-0.1, -0.05) is 6.92 Å². The zero-order chi connectivity index (χ0) is 14.2. The first-order valence-corrected chi connectivity index (χ1v) is 8.11. The molecule has 2 rings (SSSR count). The van der Waals surface area contributed by atoms with Crippen LogP contribution in [0.25, 0.3) is 0 Å². The fraction of sp³-hybridized carbons (Fsp3) is 0.692. The molecular weight excluding hydrogens is 264 g/mol. The average Bonchev–Trinajstić information content (AvgIpc) is 2.74. The summed E-state index contributed by atoms with van der Waals surface area (Å²) < 4.78 is 32.4. The lowest BCUT2D eigenvalue weighted by Gasteiger charge is -2.35. The van der Waals surface area contributed by atoms with Gasteiger partial charge in [0.25, 0.3) is 0 Å². The van der Waals surface area contributed by atoms with Crippen LogP contribution in [0.1, 0.15) is 38.2 Å². The van der Waals surface area contributed by atoms with E-state index in [4.69, 9.17) is 10.2 Å². The van der Waals surface area contributed by atoms with Crippen molar-refractivity contribution in [3.63, 3.8) is 0 Å². The maximum Gasteiger partial charge on any atom is 0.246 e. The number of hydrogen-bond acceptors (Lipinski definition) is 4. The van der Waals surface area contributed by atoms with Gasteiger partial charge in [0.1, 0.15) is 16.4 Å². The zero-order valence-electron chi connectivity index (χ0n) is 11.7. The second-order valence-corrected chi connectivity index (χ2v) is 7.30. The van der Waals surface area contributed by atoms with Crippen molar-refractivity contribution in [3.8, 4) is 0 Å². The van der Waals surface area contributed by atoms with E-state index in [0.29, 0.717) is 24.0 Å². The Labute approximate surface area is 114 Å². The van der Waals surface area contributed by atoms with Gasteiger partial charge in [0.15, 0.2) is 0 Å². The molecule has 2 N–H and O–H groups in total. The molecule has 2 heterocycles. The summed E-state index contributed by atoms with van der Waals surface area (Å²) >= 11 is 0. The number of nitrogens with zero attached hydrogens (tertiary/aromatic N) is 1. The van der Waals surface area contributed by atoms with E-state index in [-0.39, 0.29) is 17.5 Å². The molecule has 0 radical (unpaired) electrons. The molecule has 0 saturated carbocycles. The van der Waals surface area contributed by atoms with Gasteiger partial charge in [0.2, 0.25) is 10.0 Å². The van der Waals surface area contributed by atoms with Gasteiger partial charge >= 0.3 is 0 Å². The second-order valence-electron chi connectivity index (χ2n) is 5.44. The maximum atomic E-state index is 12.7. The summed E-state index contributed by atoms with van der Waals surface area (Å²) in [5, 5.41) is 0. The topological polar surface area (TPSA) is 76.5 Å². The van der Waals surface area contributed by atoms with E-state index < -0.39 is 10.0 Å². The van der Waals surface area contributed by atoms with E-state index in [9.17, 15) is 8.42 Å². The molecule has 2 unspecified atom stereocenters. The normalized spacial score (nSPS) is 25.7. The third-order valence-electron chi connectivity index (χ3n) is 3.77. The monoisotopic (exact) mass is 286 g/mol. The maximum absolute atomic E-state index is 12.7. The molecule has 108 valence electrons. The summed E-state index contributed by atoms with van der Waals surface area (Å²) in [4.78, 5) is 0.258. The molecule has 0 aromatic carbocycles. The van der Waals surface area contributed by atoms with Crippen molar-refractivity contribution in [2.24, 2.45) is 11.7 Å². The third-order valence-corrected chi connectivity index (χ3v) is 5.86. The van der Waals surface area contributed by atoms with Crippen LogP contribution in [0.4, 0.5) is 0 Å². The highest BCUT2D eigenvalue weighted by atomic mass is 32.2. The quantitative estimate of drug-likeness (QED) is 0.920. The van der Waals surface area contributed by atoms with Crippen molar-refractivity contribution in [2.45, 2.75) is 51.1 Å². The highest BCUT2D eigenvalue weighted by molar-refractivity contribution is 7.89. The zero-order valence-corrected chi connectivity index (χ0v) is 12.5. The number of sulfonamides is 1. The molecular formula is C13H22N2O3S. The molecule has 0 spiro atoms. The highest BCUT2D eigenvalue weighted by Crippen LogP contribution is 2.30. The summed E-state index contributed by atoms with van der Waals surface area (Å²) in [6.45, 7) is 6.50. The van der Waals surface area contributed by atoms with E-state index >= 15 is 0 Å². The van der Waals surface area contributed by atoms with Crippen LogP contribution >= 0.6 is 0 Å². The predicted molar refractivity (Wildman–Crippen MR) is 73.1 cm³/mol. The Morgan fingerprint density at radius 1 is 1.42 bits per heavy atom. The van der Waals surface area contributed by atoms with Crippen molar-refractivity contribution in [2.75, 3.05) is 6.54 Å². The molecule has 2 atom stereocenters. The first-order chi connectivity index (χ1) is 8.86. The van der Waals surface area contributed by atoms with Crippen LogP contribution in [0.3, 0.4) is 0 Å². The van der Waals surface area contributed by atoms with Gasteiger partial charge in [0, 0.05) is 18.7 Å². The molecule has 1 saturated heterocycles. The van der Waals surface area contributed by atoms with Crippen LogP contribution < -0.4 is 5.73 Å². The third kappa shape index (κ3) is 2.70. The van der Waals surface area contributed by atoms with E-state index in [1.165, 1.54) is 0 Å². The number of rotatable bonds is 3. The summed E-state index contributed by atoms with van der Waals surface area (Å²) in [5.41, 5.74) is 5.50. The first-order valence-electron chi connectivity index (χ1n) is 6.67. The molecule has 1 aliphatic heterocycles. The van der Waals surface area contributed by atoms with Crippen LogP contribution in [-0.2, 0) is 16.6 Å². The molecule has 1 fully saturated rings. The smallest absolute Gasteiger partial charge is 0.246 e. The molecule has 1 aromatic heterocycles. The summed E-state index contributed by atoms with van der Waals surface area (Å²) in [7, 11) is -3.48. The number of nitrogens with two attached hydrogens (primary N) is 1. The molecule has 1 aliphatic rings. The Morgan fingerprint density at radius 3 is 2.68 bits per heavy atom. The Kier molecular flexibility index (Phi) is 4.03. The van der Waals surface area contributed by atoms with Crippen molar-refractivity contribution < 1.29 is 12.8 Å². The van der Waals surface area contributed by atoms with Crippen LogP contribution in [-0.4, -0.2) is 25.3 Å². The molecule has 6 heteroatoms. The average molecular weight is 286 g/mol. The van der Waals surface area contributed by atoms with Crippen molar-refractivity contribution in [1.29, 1.82) is 0 Å². The molecule has 19 heavy (non-hydrogen) atoms. The molecule has 5 nitrogen and oxygen atoms in total. The molecule has 0 amide bonds. The van der Waals surface area contributed by atoms with Crippen LogP contribution in [0, 0.1) is 12.8 Å². The van der Waals surface area contributed by atoms with Crippen LogP contribution in [0.5, 0.6) is 0 Å². The van der Waals surface area contributed by atoms with Gasteiger partial charge in [-0.25, -0.2) is 8.42 Å². The van der Waals surface area contributed by atoms with Crippen molar-refractivity contribution in [3.05, 3.63) is 17.6 Å². The lowest BCUT2D eigenvalue weighted by atomic mass is 9.97. The number of piperidine rings is 1. The van der Waals surface area contributed by atoms with Gasteiger partial charge in [-0.3, -0.25) is 0 Å². The van der Waals surface area contributed by atoms with Gasteiger partial charge in [-0.15, -0.1) is 0 Å². The second kappa shape index (κ2) is 5.26. The lowest BCUT2D eigenvalue weighted by molar-refractivity contribution is 0.217. The molecule has 0 aliphatic carbocycles. The van der Waals surface area contributed by atoms with Gasteiger partial charge in [0.05, 0.1) is 6.54 Å². The highest BCUT2D eigenvalue weighted by Gasteiger charge is 2.35. The number of furan rings is 1. The van der Waals surface area contributed by atoms with Crippen LogP contribution in [0.2, 0.25) is 0 Å². The number of aryl methyl sites for hydroxylation is 1. The predicted octanol–water partition coefficient (Wildman–Crippen LogP) is 1.86. The summed E-state index contributed by atoms with van der Waals surface area (Å²) in [5.74, 6) is 1.33. The van der Waals surface area contributed by atoms with E-state index in [1.807, 2.05) is 6.92 Å². The minimum absolute atomic E-state index is 0.0387. The van der Waals surface area contributed by atoms with Crippen molar-refractivity contribution in [1.82, 2.24) is 4.31 Å². The summed E-state index contributed by atoms with van der Waals surface area (Å²) in [6.07, 6.45) is 1.98. The fourth-order valence-electron chi connectivity index (χ4n) is 2.59. The first kappa shape index (κ1) is 14.6. The van der Waals surface area contributed by atoms with Crippen LogP contribution in [0.15, 0.2) is 15.4 Å².